The van der Waals surface area contributed by atoms with Crippen molar-refractivity contribution >= 4 is 41.2 Å². The van der Waals surface area contributed by atoms with Crippen LogP contribution in [0.4, 0.5) is 10.5 Å². The summed E-state index contributed by atoms with van der Waals surface area (Å²) < 4.78 is 16.6. The fourth-order valence-electron chi connectivity index (χ4n) is 3.60. The molecule has 0 spiro atoms. The number of rotatable bonds is 11. The largest absolute Gasteiger partial charge is 0.491 e. The zero-order chi connectivity index (χ0) is 24.3. The van der Waals surface area contributed by atoms with Crippen LogP contribution < -0.4 is 10.1 Å². The van der Waals surface area contributed by atoms with Crippen LogP contribution in [0.15, 0.2) is 66.7 Å². The summed E-state index contributed by atoms with van der Waals surface area (Å²) in [4.78, 5) is 24.4. The number of amides is 1. The standard InChI is InChI=1S/C26H29NO6S/c1-18(12-14-32-24(29)17-34)25(20-8-4-9-21(16-20)31-15-13-28)33-26(30)27-23-11-5-7-19-6-2-3-10-22(19)23/h2-11,16,18,25,28,34H,12-15,17H2,1H3,(H,27,30)/t18-,25+/m0/s1. The molecule has 0 heterocycles. The predicted octanol–water partition coefficient (Wildman–Crippen LogP) is 5.00. The van der Waals surface area contributed by atoms with E-state index in [2.05, 4.69) is 17.9 Å². The van der Waals surface area contributed by atoms with E-state index in [0.717, 1.165) is 16.3 Å². The molecule has 0 aliphatic carbocycles. The Morgan fingerprint density at radius 3 is 2.59 bits per heavy atom. The second-order valence-electron chi connectivity index (χ2n) is 7.77. The van der Waals surface area contributed by atoms with E-state index in [9.17, 15) is 9.59 Å². The number of hydrogen-bond donors (Lipinski definition) is 3. The van der Waals surface area contributed by atoms with Crippen LogP contribution in [0.2, 0.25) is 0 Å². The summed E-state index contributed by atoms with van der Waals surface area (Å²) in [5, 5.41) is 13.8. The van der Waals surface area contributed by atoms with Gasteiger partial charge in [-0.3, -0.25) is 10.1 Å². The highest BCUT2D eigenvalue weighted by Gasteiger charge is 2.25. The Hall–Kier alpha value is -3.23. The highest BCUT2D eigenvalue weighted by Crippen LogP contribution is 2.32. The number of carbonyl (C=O) groups excluding carboxylic acids is 2. The normalized spacial score (nSPS) is 12.6. The van der Waals surface area contributed by atoms with Crippen LogP contribution in [0, 0.1) is 5.92 Å². The molecule has 8 heteroatoms. The third-order valence-corrected chi connectivity index (χ3v) is 5.55. The first-order chi connectivity index (χ1) is 16.5. The molecule has 0 saturated carbocycles. The van der Waals surface area contributed by atoms with Gasteiger partial charge in [-0.15, -0.1) is 0 Å². The number of anilines is 1. The van der Waals surface area contributed by atoms with E-state index in [1.165, 1.54) is 0 Å². The summed E-state index contributed by atoms with van der Waals surface area (Å²) in [6.45, 7) is 2.16. The summed E-state index contributed by atoms with van der Waals surface area (Å²) in [5.74, 6) is -0.00472. The lowest BCUT2D eigenvalue weighted by atomic mass is 9.94. The molecule has 0 bridgehead atoms. The molecule has 2 N–H and O–H groups in total. The lowest BCUT2D eigenvalue weighted by Gasteiger charge is -2.25. The Kier molecular flexibility index (Phi) is 9.61. The number of hydrogen-bond acceptors (Lipinski definition) is 7. The summed E-state index contributed by atoms with van der Waals surface area (Å²) in [5.41, 5.74) is 1.38. The van der Waals surface area contributed by atoms with Crippen molar-refractivity contribution in [1.29, 1.82) is 0 Å². The first-order valence-electron chi connectivity index (χ1n) is 11.1. The number of ether oxygens (including phenoxy) is 3. The number of fused-ring (bicyclic) bond motifs is 1. The lowest BCUT2D eigenvalue weighted by Crippen LogP contribution is -2.23. The fraction of sp³-hybridized carbons (Fsp3) is 0.308. The zero-order valence-corrected chi connectivity index (χ0v) is 19.9. The summed E-state index contributed by atoms with van der Waals surface area (Å²) in [6.07, 6.45) is -0.738. The highest BCUT2D eigenvalue weighted by molar-refractivity contribution is 7.81. The third-order valence-electron chi connectivity index (χ3n) is 5.29. The maximum atomic E-state index is 12.9. The molecule has 0 unspecified atom stereocenters. The lowest BCUT2D eigenvalue weighted by molar-refractivity contribution is -0.141. The molecule has 3 aromatic carbocycles. The zero-order valence-electron chi connectivity index (χ0n) is 19.0. The van der Waals surface area contributed by atoms with Crippen LogP contribution >= 0.6 is 12.6 Å². The molecule has 0 saturated heterocycles. The van der Waals surface area contributed by atoms with Gasteiger partial charge in [0, 0.05) is 11.3 Å². The molecule has 1 amide bonds. The summed E-state index contributed by atoms with van der Waals surface area (Å²) >= 11 is 3.91. The molecule has 3 rings (SSSR count). The fourth-order valence-corrected chi connectivity index (χ4v) is 3.69. The van der Waals surface area contributed by atoms with E-state index in [-0.39, 0.29) is 31.5 Å². The average molecular weight is 484 g/mol. The Balaban J connectivity index is 1.78. The first-order valence-corrected chi connectivity index (χ1v) is 11.7. The topological polar surface area (TPSA) is 94.1 Å². The number of esters is 1. The Morgan fingerprint density at radius 2 is 1.79 bits per heavy atom. The maximum absolute atomic E-state index is 12.9. The first kappa shape index (κ1) is 25.4. The van der Waals surface area contributed by atoms with Gasteiger partial charge in [-0.05, 0) is 35.6 Å². The van der Waals surface area contributed by atoms with E-state index in [1.807, 2.05) is 55.5 Å². The van der Waals surface area contributed by atoms with Gasteiger partial charge in [0.05, 0.1) is 24.7 Å². The van der Waals surface area contributed by atoms with Gasteiger partial charge in [0.1, 0.15) is 18.5 Å². The van der Waals surface area contributed by atoms with Crippen LogP contribution in [0.3, 0.4) is 0 Å². The number of benzene rings is 3. The number of aliphatic hydroxyl groups excluding tert-OH is 1. The Morgan fingerprint density at radius 1 is 1.03 bits per heavy atom. The van der Waals surface area contributed by atoms with E-state index in [0.29, 0.717) is 17.9 Å². The molecule has 0 radical (unpaired) electrons. The van der Waals surface area contributed by atoms with Crippen molar-refractivity contribution in [1.82, 2.24) is 0 Å². The molecular weight excluding hydrogens is 454 g/mol. The Labute approximate surface area is 204 Å². The van der Waals surface area contributed by atoms with E-state index >= 15 is 0 Å². The highest BCUT2D eigenvalue weighted by atomic mass is 32.1. The minimum Gasteiger partial charge on any atom is -0.491 e. The van der Waals surface area contributed by atoms with Crippen LogP contribution in [0.5, 0.6) is 5.75 Å². The van der Waals surface area contributed by atoms with Crippen LogP contribution in [-0.4, -0.2) is 42.7 Å². The van der Waals surface area contributed by atoms with Crippen LogP contribution in [-0.2, 0) is 14.3 Å². The monoisotopic (exact) mass is 483 g/mol. The van der Waals surface area contributed by atoms with Crippen LogP contribution in [0.25, 0.3) is 10.8 Å². The smallest absolute Gasteiger partial charge is 0.412 e. The maximum Gasteiger partial charge on any atom is 0.412 e. The molecule has 180 valence electrons. The van der Waals surface area contributed by atoms with Gasteiger partial charge >= 0.3 is 12.1 Å². The Bertz CT molecular complexity index is 1100. The average Bonchev–Trinajstić information content (AvgIpc) is 2.86. The molecule has 0 aromatic heterocycles. The van der Waals surface area contributed by atoms with Crippen LogP contribution in [0.1, 0.15) is 25.0 Å². The SMILES string of the molecule is C[C@@H](CCOC(=O)CS)[C@@H](OC(=O)Nc1cccc2ccccc12)c1cccc(OCCO)c1. The van der Waals surface area contributed by atoms with Gasteiger partial charge in [-0.25, -0.2) is 4.79 Å². The number of nitrogens with one attached hydrogen (secondary N) is 1. The van der Waals surface area contributed by atoms with E-state index < -0.39 is 18.2 Å². The minimum atomic E-state index is -0.623. The van der Waals surface area contributed by atoms with Gasteiger partial charge in [0.15, 0.2) is 0 Å². The van der Waals surface area contributed by atoms with E-state index in [1.54, 1.807) is 18.2 Å². The van der Waals surface area contributed by atoms with Crippen molar-refractivity contribution in [2.45, 2.75) is 19.4 Å². The summed E-state index contributed by atoms with van der Waals surface area (Å²) in [7, 11) is 0. The number of thiol groups is 1. The van der Waals surface area contributed by atoms with Crippen molar-refractivity contribution < 1.29 is 28.9 Å². The van der Waals surface area contributed by atoms with Gasteiger partial charge in [-0.1, -0.05) is 55.5 Å². The molecule has 7 nitrogen and oxygen atoms in total. The van der Waals surface area contributed by atoms with Gasteiger partial charge in [0.2, 0.25) is 0 Å². The second-order valence-corrected chi connectivity index (χ2v) is 8.08. The predicted molar refractivity (Wildman–Crippen MR) is 134 cm³/mol. The summed E-state index contributed by atoms with van der Waals surface area (Å²) in [6, 6.07) is 20.6. The molecule has 0 aliphatic rings. The van der Waals surface area contributed by atoms with Crippen molar-refractivity contribution in [2.24, 2.45) is 5.92 Å². The van der Waals surface area contributed by atoms with Gasteiger partial charge < -0.3 is 19.3 Å². The molecule has 3 aromatic rings. The molecule has 34 heavy (non-hydrogen) atoms. The van der Waals surface area contributed by atoms with Gasteiger partial charge in [0.25, 0.3) is 0 Å². The molecule has 0 fully saturated rings. The van der Waals surface area contributed by atoms with Crippen molar-refractivity contribution in [3.8, 4) is 5.75 Å². The third kappa shape index (κ3) is 7.13. The van der Waals surface area contributed by atoms with Crippen molar-refractivity contribution in [3.05, 3.63) is 72.3 Å². The molecule has 0 aliphatic heterocycles. The van der Waals surface area contributed by atoms with E-state index in [4.69, 9.17) is 19.3 Å². The molecular formula is C26H29NO6S. The number of carbonyl (C=O) groups is 2. The van der Waals surface area contributed by atoms with Crippen molar-refractivity contribution in [3.63, 3.8) is 0 Å². The second kappa shape index (κ2) is 12.9. The molecule has 2 atom stereocenters. The minimum absolute atomic E-state index is 0.00594. The quantitative estimate of drug-likeness (QED) is 0.263. The van der Waals surface area contributed by atoms with Crippen molar-refractivity contribution in [2.75, 3.05) is 30.9 Å². The van der Waals surface area contributed by atoms with Gasteiger partial charge in [-0.2, -0.15) is 12.6 Å². The number of aliphatic hydroxyl groups is 1.